The van der Waals surface area contributed by atoms with Crippen LogP contribution in [0.1, 0.15) is 5.82 Å². The minimum Gasteiger partial charge on any atom is -0.378 e. The molecule has 0 radical (unpaired) electrons. The fourth-order valence-electron chi connectivity index (χ4n) is 2.05. The van der Waals surface area contributed by atoms with E-state index < -0.39 is 0 Å². The van der Waals surface area contributed by atoms with E-state index in [1.807, 2.05) is 0 Å². The number of hydrogen-bond acceptors (Lipinski definition) is 4. The Labute approximate surface area is 151 Å². The van der Waals surface area contributed by atoms with E-state index in [4.69, 9.17) is 28.9 Å². The number of thioether (sulfide) groups is 1. The SMILES string of the molecule is NC(=Nc1ccc(Cl)cc1)SCc1nc2cc(Cl)ccc2c(=O)[nH]1. The van der Waals surface area contributed by atoms with Gasteiger partial charge in [-0.05, 0) is 42.5 Å². The average molecular weight is 379 g/mol. The second kappa shape index (κ2) is 7.25. The van der Waals surface area contributed by atoms with Crippen LogP contribution in [0.5, 0.6) is 0 Å². The van der Waals surface area contributed by atoms with Crippen molar-refractivity contribution < 1.29 is 0 Å². The summed E-state index contributed by atoms with van der Waals surface area (Å²) < 4.78 is 0. The molecule has 0 aliphatic rings. The Morgan fingerprint density at radius 3 is 2.62 bits per heavy atom. The largest absolute Gasteiger partial charge is 0.378 e. The molecule has 0 atom stereocenters. The van der Waals surface area contributed by atoms with Crippen molar-refractivity contribution in [3.8, 4) is 0 Å². The number of H-pyrrole nitrogens is 1. The molecule has 0 unspecified atom stereocenters. The summed E-state index contributed by atoms with van der Waals surface area (Å²) in [5, 5.41) is 2.03. The van der Waals surface area contributed by atoms with Crippen molar-refractivity contribution in [2.45, 2.75) is 5.75 Å². The van der Waals surface area contributed by atoms with E-state index in [0.29, 0.717) is 43.4 Å². The minimum atomic E-state index is -0.208. The topological polar surface area (TPSA) is 84.1 Å². The Morgan fingerprint density at radius 1 is 1.17 bits per heavy atom. The maximum atomic E-state index is 12.1. The van der Waals surface area contributed by atoms with Gasteiger partial charge in [-0.3, -0.25) is 4.79 Å². The van der Waals surface area contributed by atoms with Gasteiger partial charge in [0.1, 0.15) is 5.82 Å². The lowest BCUT2D eigenvalue weighted by atomic mass is 10.2. The highest BCUT2D eigenvalue weighted by Gasteiger charge is 2.06. The number of benzene rings is 2. The summed E-state index contributed by atoms with van der Waals surface area (Å²) in [6, 6.07) is 12.0. The van der Waals surface area contributed by atoms with Crippen molar-refractivity contribution in [1.82, 2.24) is 9.97 Å². The lowest BCUT2D eigenvalue weighted by molar-refractivity contribution is 1.04. The molecular weight excluding hydrogens is 367 g/mol. The Bertz CT molecular complexity index is 970. The Morgan fingerprint density at radius 2 is 1.88 bits per heavy atom. The predicted octanol–water partition coefficient (Wildman–Crippen LogP) is 4.11. The zero-order valence-corrected chi connectivity index (χ0v) is 14.6. The van der Waals surface area contributed by atoms with Crippen LogP contribution in [0.2, 0.25) is 10.0 Å². The summed E-state index contributed by atoms with van der Waals surface area (Å²) in [4.78, 5) is 23.5. The fourth-order valence-corrected chi connectivity index (χ4v) is 2.93. The van der Waals surface area contributed by atoms with Gasteiger partial charge in [0.15, 0.2) is 5.17 Å². The number of nitrogens with two attached hydrogens (primary N) is 1. The van der Waals surface area contributed by atoms with Gasteiger partial charge < -0.3 is 10.7 Å². The zero-order valence-electron chi connectivity index (χ0n) is 12.3. The number of halogens is 2. The Balaban J connectivity index is 1.77. The van der Waals surface area contributed by atoms with Gasteiger partial charge in [0.05, 0.1) is 22.3 Å². The Hall–Kier alpha value is -2.02. The molecule has 3 aromatic rings. The molecular formula is C16H12Cl2N4OS. The van der Waals surface area contributed by atoms with Crippen molar-refractivity contribution >= 4 is 56.7 Å². The highest BCUT2D eigenvalue weighted by molar-refractivity contribution is 8.13. The van der Waals surface area contributed by atoms with E-state index in [-0.39, 0.29) is 5.56 Å². The zero-order chi connectivity index (χ0) is 17.1. The molecule has 5 nitrogen and oxygen atoms in total. The van der Waals surface area contributed by atoms with E-state index in [1.54, 1.807) is 42.5 Å². The third kappa shape index (κ3) is 4.08. The standard InChI is InChI=1S/C16H12Cl2N4OS/c17-9-1-4-11(5-2-9)20-16(19)24-8-14-21-13-7-10(18)3-6-12(13)15(23)22-14/h1-7H,8H2,(H2,19,20)(H,21,22,23). The normalized spacial score (nSPS) is 11.8. The molecule has 0 fully saturated rings. The first kappa shape index (κ1) is 16.8. The second-order valence-electron chi connectivity index (χ2n) is 4.89. The third-order valence-corrected chi connectivity index (χ3v) is 4.43. The number of amidine groups is 1. The maximum Gasteiger partial charge on any atom is 0.258 e. The molecule has 0 amide bonds. The van der Waals surface area contributed by atoms with Crippen molar-refractivity contribution in [3.05, 3.63) is 68.7 Å². The monoisotopic (exact) mass is 378 g/mol. The highest BCUT2D eigenvalue weighted by atomic mass is 35.5. The van der Waals surface area contributed by atoms with Crippen LogP contribution in [0.25, 0.3) is 10.9 Å². The summed E-state index contributed by atoms with van der Waals surface area (Å²) in [7, 11) is 0. The average Bonchev–Trinajstić information content (AvgIpc) is 2.55. The van der Waals surface area contributed by atoms with Gasteiger partial charge >= 0.3 is 0 Å². The number of fused-ring (bicyclic) bond motifs is 1. The third-order valence-electron chi connectivity index (χ3n) is 3.14. The van der Waals surface area contributed by atoms with Crippen LogP contribution in [0.4, 0.5) is 5.69 Å². The van der Waals surface area contributed by atoms with E-state index in [0.717, 1.165) is 0 Å². The predicted molar refractivity (Wildman–Crippen MR) is 101 cm³/mol. The molecule has 24 heavy (non-hydrogen) atoms. The van der Waals surface area contributed by atoms with Gasteiger partial charge in [-0.15, -0.1) is 0 Å². The van der Waals surface area contributed by atoms with Crippen molar-refractivity contribution in [2.75, 3.05) is 0 Å². The summed E-state index contributed by atoms with van der Waals surface area (Å²) in [5.41, 5.74) is 6.95. The summed E-state index contributed by atoms with van der Waals surface area (Å²) in [5.74, 6) is 0.898. The molecule has 1 aromatic heterocycles. The van der Waals surface area contributed by atoms with Crippen LogP contribution in [-0.4, -0.2) is 15.1 Å². The lowest BCUT2D eigenvalue weighted by Crippen LogP contribution is -2.13. The van der Waals surface area contributed by atoms with Crippen molar-refractivity contribution in [1.29, 1.82) is 0 Å². The van der Waals surface area contributed by atoms with Crippen molar-refractivity contribution in [3.63, 3.8) is 0 Å². The van der Waals surface area contributed by atoms with E-state index in [2.05, 4.69) is 15.0 Å². The number of aromatic nitrogens is 2. The van der Waals surface area contributed by atoms with Crippen LogP contribution < -0.4 is 11.3 Å². The minimum absolute atomic E-state index is 0.208. The molecule has 2 aromatic carbocycles. The molecule has 0 spiro atoms. The molecule has 8 heteroatoms. The number of hydrogen-bond donors (Lipinski definition) is 2. The number of nitrogens with one attached hydrogen (secondary N) is 1. The first-order valence-electron chi connectivity index (χ1n) is 6.92. The summed E-state index contributed by atoms with van der Waals surface area (Å²) in [6.07, 6.45) is 0. The molecule has 3 N–H and O–H groups in total. The summed E-state index contributed by atoms with van der Waals surface area (Å²) in [6.45, 7) is 0. The van der Waals surface area contributed by atoms with Crippen molar-refractivity contribution in [2.24, 2.45) is 10.7 Å². The van der Waals surface area contributed by atoms with Gasteiger partial charge in [-0.2, -0.15) is 0 Å². The summed E-state index contributed by atoms with van der Waals surface area (Å²) >= 11 is 13.1. The number of rotatable bonds is 3. The first-order valence-corrected chi connectivity index (χ1v) is 8.66. The number of nitrogens with zero attached hydrogens (tertiary/aromatic N) is 2. The molecule has 0 aliphatic heterocycles. The van der Waals surface area contributed by atoms with E-state index in [1.165, 1.54) is 11.8 Å². The van der Waals surface area contributed by atoms with E-state index >= 15 is 0 Å². The quantitative estimate of drug-likeness (QED) is 0.530. The van der Waals surface area contributed by atoms with E-state index in [9.17, 15) is 4.79 Å². The first-order chi connectivity index (χ1) is 11.5. The Kier molecular flexibility index (Phi) is 5.08. The molecule has 0 aliphatic carbocycles. The van der Waals surface area contributed by atoms with Gasteiger partial charge in [-0.1, -0.05) is 35.0 Å². The fraction of sp³-hybridized carbons (Fsp3) is 0.0625. The molecule has 3 rings (SSSR count). The smallest absolute Gasteiger partial charge is 0.258 e. The number of aliphatic imine (C=N–C) groups is 1. The van der Waals surface area contributed by atoms with Crippen LogP contribution >= 0.6 is 35.0 Å². The highest BCUT2D eigenvalue weighted by Crippen LogP contribution is 2.19. The molecule has 1 heterocycles. The van der Waals surface area contributed by atoms with Gasteiger partial charge in [-0.25, -0.2) is 9.98 Å². The molecule has 0 saturated heterocycles. The van der Waals surface area contributed by atoms with Gasteiger partial charge in [0, 0.05) is 10.0 Å². The second-order valence-corrected chi connectivity index (χ2v) is 6.76. The molecule has 122 valence electrons. The van der Waals surface area contributed by atoms with Gasteiger partial charge in [0.2, 0.25) is 0 Å². The van der Waals surface area contributed by atoms with Crippen LogP contribution in [0.15, 0.2) is 52.3 Å². The molecule has 0 bridgehead atoms. The van der Waals surface area contributed by atoms with Crippen LogP contribution in [0.3, 0.4) is 0 Å². The van der Waals surface area contributed by atoms with Crippen LogP contribution in [-0.2, 0) is 5.75 Å². The van der Waals surface area contributed by atoms with Gasteiger partial charge in [0.25, 0.3) is 5.56 Å². The molecule has 0 saturated carbocycles. The number of aromatic amines is 1. The lowest BCUT2D eigenvalue weighted by Gasteiger charge is -2.04. The van der Waals surface area contributed by atoms with Crippen LogP contribution in [0, 0.1) is 0 Å². The maximum absolute atomic E-state index is 12.1.